The zero-order chi connectivity index (χ0) is 20.4. The van der Waals surface area contributed by atoms with Gasteiger partial charge in [-0.3, -0.25) is 9.08 Å². The van der Waals surface area contributed by atoms with Crippen molar-refractivity contribution in [3.05, 3.63) is 58.3 Å². The van der Waals surface area contributed by atoms with Crippen molar-refractivity contribution in [2.45, 2.75) is 64.1 Å². The van der Waals surface area contributed by atoms with Crippen LogP contribution in [0.2, 0.25) is 0 Å². The van der Waals surface area contributed by atoms with Crippen LogP contribution in [-0.4, -0.2) is 32.5 Å². The summed E-state index contributed by atoms with van der Waals surface area (Å²) in [6.07, 6.45) is 5.83. The second kappa shape index (κ2) is 11.7. The molecule has 28 heavy (non-hydrogen) atoms. The number of likely N-dealkylation sites (N-methyl/N-ethyl adjacent to an activating group) is 1. The molecule has 1 atom stereocenters. The van der Waals surface area contributed by atoms with Gasteiger partial charge in [0, 0.05) is 17.5 Å². The first kappa shape index (κ1) is 23.0. The predicted octanol–water partition coefficient (Wildman–Crippen LogP) is 4.35. The highest BCUT2D eigenvalue weighted by Crippen LogP contribution is 2.20. The van der Waals surface area contributed by atoms with Crippen molar-refractivity contribution < 1.29 is 12.6 Å². The molecule has 7 heteroatoms. The first-order chi connectivity index (χ1) is 13.3. The number of rotatable bonds is 7. The number of hydrogen-bond acceptors (Lipinski definition) is 5. The van der Waals surface area contributed by atoms with E-state index in [-0.39, 0.29) is 6.10 Å². The Morgan fingerprint density at radius 3 is 2.39 bits per heavy atom. The third-order valence-electron chi connectivity index (χ3n) is 4.93. The highest BCUT2D eigenvalue weighted by Gasteiger charge is 2.18. The van der Waals surface area contributed by atoms with Gasteiger partial charge < -0.3 is 0 Å². The summed E-state index contributed by atoms with van der Waals surface area (Å²) in [5.74, 6) is 0. The van der Waals surface area contributed by atoms with Crippen LogP contribution in [0.4, 0.5) is 0 Å². The molecule has 0 amide bonds. The van der Waals surface area contributed by atoms with E-state index in [2.05, 4.69) is 70.9 Å². The molecule has 0 aliphatic heterocycles. The van der Waals surface area contributed by atoms with Gasteiger partial charge in [-0.1, -0.05) is 55.7 Å². The van der Waals surface area contributed by atoms with E-state index in [0.29, 0.717) is 6.04 Å². The van der Waals surface area contributed by atoms with Gasteiger partial charge in [-0.05, 0) is 50.2 Å². The third-order valence-corrected chi connectivity index (χ3v) is 6.34. The number of thiophene rings is 1. The Balaban J connectivity index is 0.000000221. The van der Waals surface area contributed by atoms with E-state index < -0.39 is 10.3 Å². The average Bonchev–Trinajstić information content (AvgIpc) is 3.15. The average molecular weight is 425 g/mol. The molecule has 2 aromatic rings. The van der Waals surface area contributed by atoms with Crippen LogP contribution in [0.25, 0.3) is 0 Å². The third kappa shape index (κ3) is 9.30. The SMILES string of the molecule is CC(Cc1ccccc1)N(C)Cc1cccs1.NS(=O)(=O)OC1CCCCC1. The van der Waals surface area contributed by atoms with Crippen molar-refractivity contribution in [1.82, 2.24) is 4.90 Å². The molecule has 2 N–H and O–H groups in total. The Kier molecular flexibility index (Phi) is 9.61. The van der Waals surface area contributed by atoms with Crippen molar-refractivity contribution in [1.29, 1.82) is 0 Å². The maximum absolute atomic E-state index is 10.5. The maximum Gasteiger partial charge on any atom is 0.333 e. The fourth-order valence-corrected chi connectivity index (χ4v) is 4.61. The molecule has 0 radical (unpaired) electrons. The second-order valence-corrected chi connectivity index (χ2v) is 9.59. The van der Waals surface area contributed by atoms with Gasteiger partial charge in [-0.2, -0.15) is 8.42 Å². The van der Waals surface area contributed by atoms with Crippen molar-refractivity contribution in [3.8, 4) is 0 Å². The summed E-state index contributed by atoms with van der Waals surface area (Å²) in [4.78, 5) is 3.85. The van der Waals surface area contributed by atoms with Gasteiger partial charge in [0.25, 0.3) is 0 Å². The summed E-state index contributed by atoms with van der Waals surface area (Å²) >= 11 is 1.83. The molecule has 5 nitrogen and oxygen atoms in total. The van der Waals surface area contributed by atoms with Crippen LogP contribution in [0.5, 0.6) is 0 Å². The summed E-state index contributed by atoms with van der Waals surface area (Å²) in [5.41, 5.74) is 1.41. The van der Waals surface area contributed by atoms with Crippen molar-refractivity contribution in [2.75, 3.05) is 7.05 Å². The van der Waals surface area contributed by atoms with E-state index in [1.54, 1.807) is 0 Å². The summed E-state index contributed by atoms with van der Waals surface area (Å²) in [6, 6.07) is 15.6. The first-order valence-electron chi connectivity index (χ1n) is 9.81. The Morgan fingerprint density at radius 2 is 1.82 bits per heavy atom. The van der Waals surface area contributed by atoms with Crippen molar-refractivity contribution in [3.63, 3.8) is 0 Å². The second-order valence-electron chi connectivity index (χ2n) is 7.38. The molecule has 1 heterocycles. The molecule has 0 saturated heterocycles. The fraction of sp³-hybridized carbons (Fsp3) is 0.524. The Hall–Kier alpha value is -1.25. The largest absolute Gasteiger partial charge is 0.333 e. The Labute approximate surface area is 173 Å². The zero-order valence-corrected chi connectivity index (χ0v) is 18.4. The van der Waals surface area contributed by atoms with Gasteiger partial charge in [-0.25, -0.2) is 5.14 Å². The molecule has 1 unspecified atom stereocenters. The number of nitrogens with zero attached hydrogens (tertiary/aromatic N) is 1. The Bertz CT molecular complexity index is 758. The molecule has 1 aromatic heterocycles. The molecule has 1 aliphatic carbocycles. The molecule has 1 fully saturated rings. The number of hydrogen-bond donors (Lipinski definition) is 1. The lowest BCUT2D eigenvalue weighted by Crippen LogP contribution is -2.30. The normalized spacial score (nSPS) is 16.4. The summed E-state index contributed by atoms with van der Waals surface area (Å²) < 4.78 is 25.5. The molecule has 1 aromatic carbocycles. The summed E-state index contributed by atoms with van der Waals surface area (Å²) in [5, 5.41) is 6.86. The maximum atomic E-state index is 10.5. The van der Waals surface area contributed by atoms with E-state index in [9.17, 15) is 8.42 Å². The van der Waals surface area contributed by atoms with Crippen LogP contribution in [0.1, 0.15) is 49.5 Å². The van der Waals surface area contributed by atoms with Crippen LogP contribution >= 0.6 is 11.3 Å². The smallest absolute Gasteiger partial charge is 0.298 e. The topological polar surface area (TPSA) is 72.6 Å². The molecule has 3 rings (SSSR count). The standard InChI is InChI=1S/C15H19NS.C6H13NO3S/c1-13(11-14-7-4-3-5-8-14)16(2)12-15-9-6-10-17-15;7-11(8,9)10-6-4-2-1-3-5-6/h3-10,13H,11-12H2,1-2H3;6H,1-5H2,(H2,7,8,9). The van der Waals surface area contributed by atoms with Gasteiger partial charge in [0.05, 0.1) is 6.10 Å². The molecular formula is C21H32N2O3S2. The summed E-state index contributed by atoms with van der Waals surface area (Å²) in [7, 11) is -1.52. The van der Waals surface area contributed by atoms with Crippen LogP contribution in [-0.2, 0) is 27.5 Å². The van der Waals surface area contributed by atoms with Crippen molar-refractivity contribution in [2.24, 2.45) is 5.14 Å². The quantitative estimate of drug-likeness (QED) is 0.717. The minimum atomic E-state index is -3.72. The fourth-order valence-electron chi connectivity index (χ4n) is 3.27. The van der Waals surface area contributed by atoms with E-state index >= 15 is 0 Å². The van der Waals surface area contributed by atoms with Crippen LogP contribution in [0.15, 0.2) is 47.8 Å². The van der Waals surface area contributed by atoms with Gasteiger partial charge >= 0.3 is 10.3 Å². The minimum absolute atomic E-state index is 0.168. The minimum Gasteiger partial charge on any atom is -0.298 e. The molecule has 1 aliphatic rings. The lowest BCUT2D eigenvalue weighted by Gasteiger charge is -2.24. The molecule has 156 valence electrons. The van der Waals surface area contributed by atoms with Crippen molar-refractivity contribution >= 4 is 21.6 Å². The highest BCUT2D eigenvalue weighted by atomic mass is 32.2. The number of nitrogens with two attached hydrogens (primary N) is 1. The van der Waals surface area contributed by atoms with E-state index in [1.165, 1.54) is 16.9 Å². The Morgan fingerprint density at radius 1 is 1.14 bits per heavy atom. The number of benzene rings is 1. The van der Waals surface area contributed by atoms with E-state index in [0.717, 1.165) is 38.6 Å². The molecule has 1 saturated carbocycles. The summed E-state index contributed by atoms with van der Waals surface area (Å²) in [6.45, 7) is 3.34. The van der Waals surface area contributed by atoms with E-state index in [4.69, 9.17) is 5.14 Å². The van der Waals surface area contributed by atoms with Crippen LogP contribution in [0.3, 0.4) is 0 Å². The van der Waals surface area contributed by atoms with Gasteiger partial charge in [0.1, 0.15) is 0 Å². The van der Waals surface area contributed by atoms with Gasteiger partial charge in [0.2, 0.25) is 0 Å². The van der Waals surface area contributed by atoms with E-state index in [1.807, 2.05) is 11.3 Å². The monoisotopic (exact) mass is 424 g/mol. The zero-order valence-electron chi connectivity index (χ0n) is 16.8. The van der Waals surface area contributed by atoms with Gasteiger partial charge in [0.15, 0.2) is 0 Å². The molecule has 0 spiro atoms. The lowest BCUT2D eigenvalue weighted by molar-refractivity contribution is 0.162. The van der Waals surface area contributed by atoms with Crippen LogP contribution < -0.4 is 5.14 Å². The van der Waals surface area contributed by atoms with Crippen LogP contribution in [0, 0.1) is 0 Å². The molecule has 0 bridgehead atoms. The first-order valence-corrected chi connectivity index (χ1v) is 12.2. The predicted molar refractivity (Wildman–Crippen MR) is 116 cm³/mol. The molecular weight excluding hydrogens is 392 g/mol. The van der Waals surface area contributed by atoms with Gasteiger partial charge in [-0.15, -0.1) is 11.3 Å². The lowest BCUT2D eigenvalue weighted by atomic mass is 9.98. The highest BCUT2D eigenvalue weighted by molar-refractivity contribution is 7.84.